The van der Waals surface area contributed by atoms with Gasteiger partial charge in [-0.05, 0) is 23.6 Å². The van der Waals surface area contributed by atoms with Gasteiger partial charge in [0, 0.05) is 5.56 Å². The highest BCUT2D eigenvalue weighted by atomic mass is 35.5. The van der Waals surface area contributed by atoms with E-state index in [-0.39, 0.29) is 21.5 Å². The van der Waals surface area contributed by atoms with Gasteiger partial charge in [0.15, 0.2) is 0 Å². The summed E-state index contributed by atoms with van der Waals surface area (Å²) in [6, 6.07) is 4.64. The molecule has 0 amide bonds. The molecule has 0 aliphatic rings. The molecule has 88 valence electrons. The summed E-state index contributed by atoms with van der Waals surface area (Å²) >= 11 is 18.9. The van der Waals surface area contributed by atoms with E-state index in [1.54, 1.807) is 11.4 Å². The third-order valence-electron chi connectivity index (χ3n) is 2.16. The maximum absolute atomic E-state index is 12.1. The van der Waals surface area contributed by atoms with Gasteiger partial charge in [-0.2, -0.15) is 0 Å². The predicted octanol–water partition coefficient (Wildman–Crippen LogP) is 4.52. The summed E-state index contributed by atoms with van der Waals surface area (Å²) in [5.41, 5.74) is 6.24. The lowest BCUT2D eigenvalue weighted by Gasteiger charge is -2.05. The zero-order valence-electron chi connectivity index (χ0n) is 8.34. The molecule has 0 atom stereocenters. The summed E-state index contributed by atoms with van der Waals surface area (Å²) in [4.78, 5) is 12.6. The molecule has 1 heterocycles. The van der Waals surface area contributed by atoms with Crippen LogP contribution in [0.2, 0.25) is 15.1 Å². The Morgan fingerprint density at radius 1 is 1.12 bits per heavy atom. The molecule has 0 radical (unpaired) electrons. The molecule has 0 aliphatic carbocycles. The molecular formula is C11H6Cl3NOS. The lowest BCUT2D eigenvalue weighted by molar-refractivity contribution is 0.104. The van der Waals surface area contributed by atoms with Crippen molar-refractivity contribution in [1.29, 1.82) is 0 Å². The van der Waals surface area contributed by atoms with Crippen molar-refractivity contribution in [3.63, 3.8) is 0 Å². The first-order valence-electron chi connectivity index (χ1n) is 4.53. The summed E-state index contributed by atoms with van der Waals surface area (Å²) in [6.45, 7) is 0. The highest BCUT2D eigenvalue weighted by Gasteiger charge is 2.16. The number of anilines is 1. The average molecular weight is 307 g/mol. The van der Waals surface area contributed by atoms with E-state index in [0.717, 1.165) is 0 Å². The van der Waals surface area contributed by atoms with Crippen LogP contribution in [0.5, 0.6) is 0 Å². The second-order valence-corrected chi connectivity index (χ2v) is 5.42. The van der Waals surface area contributed by atoms with Crippen molar-refractivity contribution in [3.05, 3.63) is 49.1 Å². The van der Waals surface area contributed by atoms with Gasteiger partial charge in [0.25, 0.3) is 0 Å². The zero-order chi connectivity index (χ0) is 12.6. The fourth-order valence-corrected chi connectivity index (χ4v) is 2.89. The number of thiophene rings is 1. The highest BCUT2D eigenvalue weighted by Crippen LogP contribution is 2.31. The zero-order valence-corrected chi connectivity index (χ0v) is 11.4. The highest BCUT2D eigenvalue weighted by molar-refractivity contribution is 7.13. The van der Waals surface area contributed by atoms with Gasteiger partial charge in [-0.3, -0.25) is 4.79 Å². The van der Waals surface area contributed by atoms with Crippen molar-refractivity contribution < 1.29 is 4.79 Å². The molecule has 2 rings (SSSR count). The van der Waals surface area contributed by atoms with Gasteiger partial charge in [-0.15, -0.1) is 11.3 Å². The number of halogens is 3. The van der Waals surface area contributed by atoms with Gasteiger partial charge in [0.2, 0.25) is 5.78 Å². The Kier molecular flexibility index (Phi) is 3.64. The Morgan fingerprint density at radius 2 is 1.71 bits per heavy atom. The summed E-state index contributed by atoms with van der Waals surface area (Å²) in [6.07, 6.45) is 0. The molecule has 17 heavy (non-hydrogen) atoms. The van der Waals surface area contributed by atoms with E-state index >= 15 is 0 Å². The van der Waals surface area contributed by atoms with E-state index < -0.39 is 0 Å². The van der Waals surface area contributed by atoms with E-state index in [1.165, 1.54) is 23.5 Å². The second-order valence-electron chi connectivity index (χ2n) is 3.28. The van der Waals surface area contributed by atoms with Crippen molar-refractivity contribution in [1.82, 2.24) is 0 Å². The third kappa shape index (κ3) is 2.43. The summed E-state index contributed by atoms with van der Waals surface area (Å²) in [5, 5.41) is 2.68. The number of rotatable bonds is 2. The molecule has 2 nitrogen and oxygen atoms in total. The van der Waals surface area contributed by atoms with Crippen molar-refractivity contribution in [3.8, 4) is 0 Å². The molecule has 0 saturated heterocycles. The maximum atomic E-state index is 12.1. The smallest absolute Gasteiger partial charge is 0.204 e. The first-order chi connectivity index (χ1) is 8.00. The second kappa shape index (κ2) is 4.86. The van der Waals surface area contributed by atoms with Crippen molar-refractivity contribution in [2.75, 3.05) is 5.73 Å². The number of ketones is 1. The van der Waals surface area contributed by atoms with Crippen LogP contribution >= 0.6 is 46.1 Å². The molecule has 0 spiro atoms. The minimum atomic E-state index is -0.214. The van der Waals surface area contributed by atoms with Gasteiger partial charge in [-0.1, -0.05) is 34.8 Å². The van der Waals surface area contributed by atoms with Crippen molar-refractivity contribution >= 4 is 57.6 Å². The quantitative estimate of drug-likeness (QED) is 0.654. The van der Waals surface area contributed by atoms with Crippen LogP contribution in [0.4, 0.5) is 5.69 Å². The lowest BCUT2D eigenvalue weighted by Crippen LogP contribution is -2.01. The number of hydrogen-bond acceptors (Lipinski definition) is 3. The van der Waals surface area contributed by atoms with Crippen LogP contribution in [0.3, 0.4) is 0 Å². The van der Waals surface area contributed by atoms with Gasteiger partial charge in [0.05, 0.1) is 25.6 Å². The Bertz CT molecular complexity index is 571. The summed E-state index contributed by atoms with van der Waals surface area (Å²) in [7, 11) is 0. The monoisotopic (exact) mass is 305 g/mol. The van der Waals surface area contributed by atoms with Crippen molar-refractivity contribution in [2.24, 2.45) is 0 Å². The normalized spacial score (nSPS) is 10.5. The standard InChI is InChI=1S/C11H6Cl3NOS/c12-6-1-2-17-11(6)10(16)5-3-7(13)9(15)8(14)4-5/h1-4H,15H2. The molecule has 2 N–H and O–H groups in total. The van der Waals surface area contributed by atoms with Crippen molar-refractivity contribution in [2.45, 2.75) is 0 Å². The third-order valence-corrected chi connectivity index (χ3v) is 4.13. The topological polar surface area (TPSA) is 43.1 Å². The molecule has 0 unspecified atom stereocenters. The van der Waals surface area contributed by atoms with Crippen LogP contribution in [0.1, 0.15) is 15.2 Å². The average Bonchev–Trinajstić information content (AvgIpc) is 2.70. The first kappa shape index (κ1) is 12.7. The number of nitrogen functional groups attached to an aromatic ring is 1. The number of benzene rings is 1. The maximum Gasteiger partial charge on any atom is 0.204 e. The number of hydrogen-bond donors (Lipinski definition) is 1. The molecule has 6 heteroatoms. The molecule has 1 aromatic heterocycles. The van der Waals surface area contributed by atoms with Gasteiger partial charge >= 0.3 is 0 Å². The fourth-order valence-electron chi connectivity index (χ4n) is 1.30. The minimum absolute atomic E-state index is 0.214. The van der Waals surface area contributed by atoms with Gasteiger partial charge < -0.3 is 5.73 Å². The van der Waals surface area contributed by atoms with Crippen LogP contribution in [-0.2, 0) is 0 Å². The van der Waals surface area contributed by atoms with Crippen LogP contribution in [-0.4, -0.2) is 5.78 Å². The largest absolute Gasteiger partial charge is 0.396 e. The Balaban J connectivity index is 2.49. The summed E-state index contributed by atoms with van der Waals surface area (Å²) in [5.74, 6) is -0.214. The van der Waals surface area contributed by atoms with Crippen LogP contribution in [0.25, 0.3) is 0 Å². The molecule has 1 aromatic carbocycles. The van der Waals surface area contributed by atoms with Crippen LogP contribution in [0.15, 0.2) is 23.6 Å². The molecular weight excluding hydrogens is 301 g/mol. The van der Waals surface area contributed by atoms with E-state index in [0.29, 0.717) is 15.5 Å². The lowest BCUT2D eigenvalue weighted by atomic mass is 10.1. The Morgan fingerprint density at radius 3 is 2.18 bits per heavy atom. The predicted molar refractivity (Wildman–Crippen MR) is 73.6 cm³/mol. The number of carbonyl (C=O) groups is 1. The molecule has 0 aliphatic heterocycles. The van der Waals surface area contributed by atoms with Gasteiger partial charge in [0.1, 0.15) is 0 Å². The SMILES string of the molecule is Nc1c(Cl)cc(C(=O)c2sccc2Cl)cc1Cl. The van der Waals surface area contributed by atoms with E-state index in [4.69, 9.17) is 40.5 Å². The van der Waals surface area contributed by atoms with E-state index in [1.807, 2.05) is 0 Å². The Hall–Kier alpha value is -0.740. The van der Waals surface area contributed by atoms with Gasteiger partial charge in [-0.25, -0.2) is 0 Å². The molecule has 2 aromatic rings. The minimum Gasteiger partial charge on any atom is -0.396 e. The van der Waals surface area contributed by atoms with Crippen LogP contribution < -0.4 is 5.73 Å². The fraction of sp³-hybridized carbons (Fsp3) is 0. The van der Waals surface area contributed by atoms with Crippen LogP contribution in [0, 0.1) is 0 Å². The summed E-state index contributed by atoms with van der Waals surface area (Å²) < 4.78 is 0. The molecule has 0 bridgehead atoms. The molecule has 0 saturated carbocycles. The number of carbonyl (C=O) groups excluding carboxylic acids is 1. The van der Waals surface area contributed by atoms with E-state index in [9.17, 15) is 4.79 Å². The van der Waals surface area contributed by atoms with E-state index in [2.05, 4.69) is 0 Å². The number of nitrogens with two attached hydrogens (primary N) is 1. The Labute approximate surface area is 117 Å². The first-order valence-corrected chi connectivity index (χ1v) is 6.54. The molecule has 0 fully saturated rings.